The van der Waals surface area contributed by atoms with E-state index in [4.69, 9.17) is 4.99 Å². The molecule has 0 saturated heterocycles. The molecule has 3 nitrogen and oxygen atoms in total. The third-order valence-electron chi connectivity index (χ3n) is 6.12. The van der Waals surface area contributed by atoms with E-state index < -0.39 is 0 Å². The Morgan fingerprint density at radius 3 is 2.42 bits per heavy atom. The predicted molar refractivity (Wildman–Crippen MR) is 78.3 cm³/mol. The standard InChI is InChI=1S/C16H27N3/c1-17-2-4-19-5-3-18-16(19)15-13-7-11-6-12(9-13)10-14(15)8-11/h11-15,17H,2-10H2,1H3. The lowest BCUT2D eigenvalue weighted by Crippen LogP contribution is -2.51. The average Bonchev–Trinajstić information content (AvgIpc) is 2.83. The van der Waals surface area contributed by atoms with Crippen LogP contribution in [0.1, 0.15) is 32.1 Å². The number of rotatable bonds is 4. The molecule has 1 aliphatic heterocycles. The first-order valence-electron chi connectivity index (χ1n) is 8.29. The van der Waals surface area contributed by atoms with Crippen molar-refractivity contribution in [3.05, 3.63) is 0 Å². The fraction of sp³-hybridized carbons (Fsp3) is 0.938. The van der Waals surface area contributed by atoms with E-state index in [0.717, 1.165) is 49.2 Å². The van der Waals surface area contributed by atoms with Crippen LogP contribution in [-0.2, 0) is 0 Å². The van der Waals surface area contributed by atoms with E-state index in [0.29, 0.717) is 0 Å². The molecule has 0 amide bonds. The molecule has 4 aliphatic carbocycles. The molecule has 19 heavy (non-hydrogen) atoms. The molecule has 1 heterocycles. The minimum atomic E-state index is 0.826. The van der Waals surface area contributed by atoms with Gasteiger partial charge in [0.1, 0.15) is 5.84 Å². The van der Waals surface area contributed by atoms with Crippen LogP contribution in [0.4, 0.5) is 0 Å². The van der Waals surface area contributed by atoms with E-state index in [1.807, 2.05) is 0 Å². The Bertz CT molecular complexity index is 348. The van der Waals surface area contributed by atoms with Gasteiger partial charge in [0.2, 0.25) is 0 Å². The average molecular weight is 261 g/mol. The zero-order valence-electron chi connectivity index (χ0n) is 12.1. The van der Waals surface area contributed by atoms with Crippen LogP contribution in [0.3, 0.4) is 0 Å². The Balaban J connectivity index is 1.52. The predicted octanol–water partition coefficient (Wildman–Crippen LogP) is 1.99. The maximum atomic E-state index is 4.93. The zero-order valence-corrected chi connectivity index (χ0v) is 12.1. The van der Waals surface area contributed by atoms with Gasteiger partial charge in [-0.2, -0.15) is 0 Å². The largest absolute Gasteiger partial charge is 0.357 e. The lowest BCUT2D eigenvalue weighted by atomic mass is 9.51. The van der Waals surface area contributed by atoms with Crippen LogP contribution in [0.15, 0.2) is 4.99 Å². The Morgan fingerprint density at radius 1 is 1.11 bits per heavy atom. The highest BCUT2D eigenvalue weighted by molar-refractivity contribution is 5.87. The lowest BCUT2D eigenvalue weighted by Gasteiger charge is -2.55. The van der Waals surface area contributed by atoms with Gasteiger partial charge in [-0.25, -0.2) is 0 Å². The summed E-state index contributed by atoms with van der Waals surface area (Å²) in [7, 11) is 2.05. The summed E-state index contributed by atoms with van der Waals surface area (Å²) in [6.07, 6.45) is 7.59. The fourth-order valence-corrected chi connectivity index (χ4v) is 5.64. The molecule has 4 bridgehead atoms. The molecule has 0 radical (unpaired) electrons. The van der Waals surface area contributed by atoms with Crippen molar-refractivity contribution in [1.82, 2.24) is 10.2 Å². The second kappa shape index (κ2) is 4.76. The van der Waals surface area contributed by atoms with E-state index in [9.17, 15) is 0 Å². The van der Waals surface area contributed by atoms with Gasteiger partial charge in [-0.05, 0) is 62.8 Å². The summed E-state index contributed by atoms with van der Waals surface area (Å²) in [6, 6.07) is 0. The van der Waals surface area contributed by atoms with Crippen LogP contribution in [0.2, 0.25) is 0 Å². The van der Waals surface area contributed by atoms with Gasteiger partial charge in [-0.15, -0.1) is 0 Å². The summed E-state index contributed by atoms with van der Waals surface area (Å²) >= 11 is 0. The molecule has 0 aromatic carbocycles. The first kappa shape index (κ1) is 12.2. The Labute approximate surface area is 116 Å². The first-order valence-corrected chi connectivity index (χ1v) is 8.29. The molecule has 5 aliphatic rings. The highest BCUT2D eigenvalue weighted by Crippen LogP contribution is 2.57. The molecule has 0 aromatic heterocycles. The van der Waals surface area contributed by atoms with Crippen LogP contribution in [-0.4, -0.2) is 44.0 Å². The van der Waals surface area contributed by atoms with E-state index >= 15 is 0 Å². The number of nitrogens with one attached hydrogen (secondary N) is 1. The maximum Gasteiger partial charge on any atom is 0.103 e. The minimum absolute atomic E-state index is 0.826. The lowest BCUT2D eigenvalue weighted by molar-refractivity contribution is -0.0118. The molecule has 4 saturated carbocycles. The number of likely N-dealkylation sites (N-methyl/N-ethyl adjacent to an activating group) is 1. The second-order valence-electron chi connectivity index (χ2n) is 7.29. The van der Waals surface area contributed by atoms with Crippen LogP contribution >= 0.6 is 0 Å². The third-order valence-corrected chi connectivity index (χ3v) is 6.12. The quantitative estimate of drug-likeness (QED) is 0.838. The summed E-state index contributed by atoms with van der Waals surface area (Å²) in [6.45, 7) is 4.45. The Hall–Kier alpha value is -0.570. The van der Waals surface area contributed by atoms with Crippen LogP contribution in [0.5, 0.6) is 0 Å². The molecule has 0 atom stereocenters. The maximum absolute atomic E-state index is 4.93. The minimum Gasteiger partial charge on any atom is -0.357 e. The SMILES string of the molecule is CNCCN1CCN=C1C1C2CC3CC(C2)CC1C3. The van der Waals surface area contributed by atoms with Crippen LogP contribution in [0, 0.1) is 29.6 Å². The number of nitrogens with zero attached hydrogens (tertiary/aromatic N) is 2. The first-order chi connectivity index (χ1) is 9.35. The van der Waals surface area contributed by atoms with Crippen molar-refractivity contribution >= 4 is 5.84 Å². The molecule has 4 fully saturated rings. The highest BCUT2D eigenvalue weighted by atomic mass is 15.2. The molecule has 0 unspecified atom stereocenters. The van der Waals surface area contributed by atoms with Crippen molar-refractivity contribution in [2.75, 3.05) is 33.2 Å². The van der Waals surface area contributed by atoms with Gasteiger partial charge in [0.15, 0.2) is 0 Å². The molecule has 0 aromatic rings. The van der Waals surface area contributed by atoms with Gasteiger partial charge in [-0.1, -0.05) is 0 Å². The van der Waals surface area contributed by atoms with Gasteiger partial charge < -0.3 is 10.2 Å². The summed E-state index contributed by atoms with van der Waals surface area (Å²) in [5.74, 6) is 6.43. The third kappa shape index (κ3) is 2.01. The Morgan fingerprint density at radius 2 is 1.79 bits per heavy atom. The number of aliphatic imine (C=N–C) groups is 1. The molecule has 106 valence electrons. The van der Waals surface area contributed by atoms with E-state index in [2.05, 4.69) is 17.3 Å². The van der Waals surface area contributed by atoms with Gasteiger partial charge in [0.05, 0.1) is 6.54 Å². The van der Waals surface area contributed by atoms with Crippen molar-refractivity contribution in [3.8, 4) is 0 Å². The molecule has 3 heteroatoms. The molecule has 0 spiro atoms. The molecule has 1 N–H and O–H groups in total. The summed E-state index contributed by atoms with van der Waals surface area (Å²) < 4.78 is 0. The number of amidine groups is 1. The van der Waals surface area contributed by atoms with Gasteiger partial charge in [-0.3, -0.25) is 4.99 Å². The van der Waals surface area contributed by atoms with Crippen molar-refractivity contribution in [2.24, 2.45) is 34.6 Å². The Kier molecular flexibility index (Phi) is 3.06. The van der Waals surface area contributed by atoms with Crippen molar-refractivity contribution in [1.29, 1.82) is 0 Å². The smallest absolute Gasteiger partial charge is 0.103 e. The van der Waals surface area contributed by atoms with Crippen LogP contribution < -0.4 is 5.32 Å². The van der Waals surface area contributed by atoms with E-state index in [1.165, 1.54) is 38.1 Å². The monoisotopic (exact) mass is 261 g/mol. The van der Waals surface area contributed by atoms with Crippen molar-refractivity contribution < 1.29 is 0 Å². The van der Waals surface area contributed by atoms with Gasteiger partial charge in [0, 0.05) is 25.6 Å². The fourth-order valence-electron chi connectivity index (χ4n) is 5.64. The zero-order chi connectivity index (χ0) is 12.8. The summed E-state index contributed by atoms with van der Waals surface area (Å²) in [5.41, 5.74) is 0. The molecular weight excluding hydrogens is 234 g/mol. The van der Waals surface area contributed by atoms with Crippen LogP contribution in [0.25, 0.3) is 0 Å². The number of hydrogen-bond acceptors (Lipinski definition) is 3. The van der Waals surface area contributed by atoms with E-state index in [1.54, 1.807) is 6.42 Å². The van der Waals surface area contributed by atoms with Crippen molar-refractivity contribution in [2.45, 2.75) is 32.1 Å². The molecular formula is C16H27N3. The van der Waals surface area contributed by atoms with E-state index in [-0.39, 0.29) is 0 Å². The normalized spacial score (nSPS) is 43.9. The van der Waals surface area contributed by atoms with Gasteiger partial charge >= 0.3 is 0 Å². The second-order valence-corrected chi connectivity index (χ2v) is 7.29. The summed E-state index contributed by atoms with van der Waals surface area (Å²) in [4.78, 5) is 7.52. The highest BCUT2D eigenvalue weighted by Gasteiger charge is 2.50. The molecule has 5 rings (SSSR count). The topological polar surface area (TPSA) is 27.6 Å². The number of hydrogen-bond donors (Lipinski definition) is 1. The van der Waals surface area contributed by atoms with Crippen molar-refractivity contribution in [3.63, 3.8) is 0 Å². The summed E-state index contributed by atoms with van der Waals surface area (Å²) in [5, 5.41) is 3.29. The van der Waals surface area contributed by atoms with Gasteiger partial charge in [0.25, 0.3) is 0 Å².